The molecule has 1 aromatic carbocycles. The van der Waals surface area contributed by atoms with E-state index in [0.717, 1.165) is 16.9 Å². The van der Waals surface area contributed by atoms with Gasteiger partial charge < -0.3 is 9.67 Å². The smallest absolute Gasteiger partial charge is 0.115 e. The minimum atomic E-state index is -0.642. The summed E-state index contributed by atoms with van der Waals surface area (Å²) in [6, 6.07) is 7.93. The van der Waals surface area contributed by atoms with E-state index in [1.165, 1.54) is 6.33 Å². The van der Waals surface area contributed by atoms with Crippen molar-refractivity contribution in [3.05, 3.63) is 54.4 Å². The molecule has 0 fully saturated rings. The van der Waals surface area contributed by atoms with E-state index >= 15 is 0 Å². The normalized spacial score (nSPS) is 12.7. The molecule has 0 aliphatic rings. The Balaban J connectivity index is 1.91. The highest BCUT2D eigenvalue weighted by atomic mass is 16.3. The summed E-state index contributed by atoms with van der Waals surface area (Å²) in [5, 5.41) is 10.2. The molecular weight excluding hydrogens is 240 g/mol. The second kappa shape index (κ2) is 4.78. The number of nitrogens with zero attached hydrogens (tertiary/aromatic N) is 4. The summed E-state index contributed by atoms with van der Waals surface area (Å²) < 4.78 is 2.00. The molecule has 0 spiro atoms. The van der Waals surface area contributed by atoms with Crippen LogP contribution in [0.4, 0.5) is 0 Å². The lowest BCUT2D eigenvalue weighted by molar-refractivity contribution is 0.174. The van der Waals surface area contributed by atoms with Crippen LogP contribution in [0.1, 0.15) is 17.5 Å². The highest BCUT2D eigenvalue weighted by molar-refractivity contribution is 5.75. The van der Waals surface area contributed by atoms with E-state index in [-0.39, 0.29) is 0 Å². The summed E-state index contributed by atoms with van der Waals surface area (Å²) in [5.74, 6) is 0.845. The van der Waals surface area contributed by atoms with E-state index in [9.17, 15) is 5.11 Å². The Bertz CT molecular complexity index is 693. The van der Waals surface area contributed by atoms with Crippen LogP contribution in [0, 0.1) is 0 Å². The molecule has 0 aliphatic carbocycles. The number of benzene rings is 1. The van der Waals surface area contributed by atoms with Crippen molar-refractivity contribution in [2.75, 3.05) is 0 Å². The monoisotopic (exact) mass is 254 g/mol. The van der Waals surface area contributed by atoms with Crippen molar-refractivity contribution in [3.8, 4) is 0 Å². The Kier molecular flexibility index (Phi) is 2.97. The van der Waals surface area contributed by atoms with Crippen molar-refractivity contribution < 1.29 is 5.11 Å². The Labute approximate surface area is 110 Å². The zero-order chi connectivity index (χ0) is 13.2. The molecule has 0 bridgehead atoms. The van der Waals surface area contributed by atoms with Gasteiger partial charge >= 0.3 is 0 Å². The maximum atomic E-state index is 10.2. The molecule has 0 aliphatic heterocycles. The Morgan fingerprint density at radius 2 is 1.95 bits per heavy atom. The molecular formula is C14H14N4O. The van der Waals surface area contributed by atoms with Crippen molar-refractivity contribution in [3.63, 3.8) is 0 Å². The molecule has 0 saturated heterocycles. The first-order valence-corrected chi connectivity index (χ1v) is 6.09. The number of para-hydroxylation sites is 2. The van der Waals surface area contributed by atoms with Crippen molar-refractivity contribution >= 4 is 11.0 Å². The number of aryl methyl sites for hydroxylation is 1. The third kappa shape index (κ3) is 2.20. The minimum absolute atomic E-state index is 0.443. The van der Waals surface area contributed by atoms with Gasteiger partial charge in [0.05, 0.1) is 17.1 Å². The molecule has 3 rings (SSSR count). The molecule has 0 amide bonds. The van der Waals surface area contributed by atoms with E-state index in [4.69, 9.17) is 0 Å². The van der Waals surface area contributed by atoms with Gasteiger partial charge in [0.25, 0.3) is 0 Å². The van der Waals surface area contributed by atoms with Crippen LogP contribution in [0.25, 0.3) is 11.0 Å². The average molecular weight is 254 g/mol. The number of rotatable bonds is 3. The third-order valence-corrected chi connectivity index (χ3v) is 3.22. The van der Waals surface area contributed by atoms with Gasteiger partial charge in [0.1, 0.15) is 12.2 Å². The first-order valence-electron chi connectivity index (χ1n) is 6.09. The highest BCUT2D eigenvalue weighted by Crippen LogP contribution is 2.20. The number of aliphatic hydroxyl groups excluding tert-OH is 1. The van der Waals surface area contributed by atoms with E-state index < -0.39 is 6.10 Å². The largest absolute Gasteiger partial charge is 0.388 e. The second-order valence-corrected chi connectivity index (χ2v) is 4.47. The lowest BCUT2D eigenvalue weighted by Gasteiger charge is -2.09. The van der Waals surface area contributed by atoms with Crippen LogP contribution >= 0.6 is 0 Å². The summed E-state index contributed by atoms with van der Waals surface area (Å²) in [6.07, 6.45) is 4.50. The van der Waals surface area contributed by atoms with Gasteiger partial charge in [-0.1, -0.05) is 12.1 Å². The third-order valence-electron chi connectivity index (χ3n) is 3.22. The van der Waals surface area contributed by atoms with Gasteiger partial charge in [-0.05, 0) is 12.1 Å². The minimum Gasteiger partial charge on any atom is -0.388 e. The number of aliphatic hydroxyl groups is 1. The summed E-state index contributed by atoms with van der Waals surface area (Å²) >= 11 is 0. The SMILES string of the molecule is Cn1c(CC(O)c2cncnc2)nc2ccccc21. The molecule has 5 heteroatoms. The van der Waals surface area contributed by atoms with Crippen LogP contribution in [0.3, 0.4) is 0 Å². The molecule has 1 N–H and O–H groups in total. The first-order chi connectivity index (χ1) is 9.25. The molecule has 96 valence electrons. The standard InChI is InChI=1S/C14H14N4O/c1-18-12-5-3-2-4-11(12)17-14(18)6-13(19)10-7-15-9-16-8-10/h2-5,7-9,13,19H,6H2,1H3. The van der Waals surface area contributed by atoms with E-state index in [2.05, 4.69) is 15.0 Å². The fraction of sp³-hybridized carbons (Fsp3) is 0.214. The Hall–Kier alpha value is -2.27. The van der Waals surface area contributed by atoms with E-state index in [1.807, 2.05) is 35.9 Å². The lowest BCUT2D eigenvalue weighted by atomic mass is 10.1. The predicted molar refractivity (Wildman–Crippen MR) is 71.4 cm³/mol. The highest BCUT2D eigenvalue weighted by Gasteiger charge is 2.14. The van der Waals surface area contributed by atoms with E-state index in [0.29, 0.717) is 12.0 Å². The fourth-order valence-corrected chi connectivity index (χ4v) is 2.15. The Morgan fingerprint density at radius 3 is 2.68 bits per heavy atom. The molecule has 5 nitrogen and oxygen atoms in total. The van der Waals surface area contributed by atoms with Crippen molar-refractivity contribution in [2.45, 2.75) is 12.5 Å². The average Bonchev–Trinajstić information content (AvgIpc) is 2.77. The molecule has 1 unspecified atom stereocenters. The molecule has 2 heterocycles. The molecule has 1 atom stereocenters. The van der Waals surface area contributed by atoms with Crippen LogP contribution in [-0.2, 0) is 13.5 Å². The van der Waals surface area contributed by atoms with Crippen molar-refractivity contribution in [2.24, 2.45) is 7.05 Å². The number of fused-ring (bicyclic) bond motifs is 1. The second-order valence-electron chi connectivity index (χ2n) is 4.47. The molecule has 3 aromatic rings. The predicted octanol–water partition coefficient (Wildman–Crippen LogP) is 1.64. The van der Waals surface area contributed by atoms with Crippen LogP contribution in [-0.4, -0.2) is 24.6 Å². The summed E-state index contributed by atoms with van der Waals surface area (Å²) in [7, 11) is 1.96. The first kappa shape index (κ1) is 11.8. The van der Waals surface area contributed by atoms with E-state index in [1.54, 1.807) is 12.4 Å². The molecule has 0 saturated carbocycles. The van der Waals surface area contributed by atoms with Crippen LogP contribution in [0.5, 0.6) is 0 Å². The number of hydrogen-bond acceptors (Lipinski definition) is 4. The molecule has 19 heavy (non-hydrogen) atoms. The fourth-order valence-electron chi connectivity index (χ4n) is 2.15. The summed E-state index contributed by atoms with van der Waals surface area (Å²) in [4.78, 5) is 12.4. The van der Waals surface area contributed by atoms with Gasteiger partial charge in [-0.15, -0.1) is 0 Å². The number of hydrogen-bond donors (Lipinski definition) is 1. The maximum absolute atomic E-state index is 10.2. The quantitative estimate of drug-likeness (QED) is 0.771. The number of aromatic nitrogens is 4. The van der Waals surface area contributed by atoms with Crippen molar-refractivity contribution in [1.82, 2.24) is 19.5 Å². The summed E-state index contributed by atoms with van der Waals surface area (Å²) in [5.41, 5.74) is 2.71. The topological polar surface area (TPSA) is 63.8 Å². The zero-order valence-electron chi connectivity index (χ0n) is 10.6. The molecule has 0 radical (unpaired) electrons. The van der Waals surface area contributed by atoms with Crippen LogP contribution in [0.15, 0.2) is 43.0 Å². The van der Waals surface area contributed by atoms with Crippen LogP contribution < -0.4 is 0 Å². The van der Waals surface area contributed by atoms with Gasteiger partial charge in [-0.2, -0.15) is 0 Å². The van der Waals surface area contributed by atoms with Gasteiger partial charge in [-0.3, -0.25) is 0 Å². The van der Waals surface area contributed by atoms with Gasteiger partial charge in [-0.25, -0.2) is 15.0 Å². The Morgan fingerprint density at radius 1 is 1.21 bits per heavy atom. The van der Waals surface area contributed by atoms with Crippen LogP contribution in [0.2, 0.25) is 0 Å². The lowest BCUT2D eigenvalue weighted by Crippen LogP contribution is -2.07. The van der Waals surface area contributed by atoms with Gasteiger partial charge in [0.15, 0.2) is 0 Å². The van der Waals surface area contributed by atoms with Gasteiger partial charge in [0, 0.05) is 31.4 Å². The molecule has 2 aromatic heterocycles. The van der Waals surface area contributed by atoms with Gasteiger partial charge in [0.2, 0.25) is 0 Å². The zero-order valence-corrected chi connectivity index (χ0v) is 10.6. The van der Waals surface area contributed by atoms with Crippen molar-refractivity contribution in [1.29, 1.82) is 0 Å². The summed E-state index contributed by atoms with van der Waals surface area (Å²) in [6.45, 7) is 0. The number of imidazole rings is 1. The maximum Gasteiger partial charge on any atom is 0.115 e.